The van der Waals surface area contributed by atoms with Crippen LogP contribution in [0.15, 0.2) is 36.7 Å². The van der Waals surface area contributed by atoms with E-state index in [0.29, 0.717) is 0 Å². The lowest BCUT2D eigenvalue weighted by atomic mass is 9.99. The molecule has 3 heteroatoms. The highest BCUT2D eigenvalue weighted by Crippen LogP contribution is 2.25. The lowest BCUT2D eigenvalue weighted by Crippen LogP contribution is -1.98. The summed E-state index contributed by atoms with van der Waals surface area (Å²) >= 11 is 0. The normalized spacial score (nSPS) is 13.2. The number of hydrogen-bond acceptors (Lipinski definition) is 3. The number of nitrogens with zero attached hydrogens (tertiary/aromatic N) is 2. The van der Waals surface area contributed by atoms with Gasteiger partial charge in [-0.25, -0.2) is 4.98 Å². The van der Waals surface area contributed by atoms with Crippen LogP contribution in [0, 0.1) is 0 Å². The van der Waals surface area contributed by atoms with Crippen LogP contribution in [0.2, 0.25) is 0 Å². The number of anilines is 1. The number of hydrogen-bond donors (Lipinski definition) is 1. The van der Waals surface area contributed by atoms with Crippen LogP contribution in [0.1, 0.15) is 17.7 Å². The molecule has 0 saturated heterocycles. The van der Waals surface area contributed by atoms with Crippen molar-refractivity contribution in [1.29, 1.82) is 0 Å². The van der Waals surface area contributed by atoms with Crippen molar-refractivity contribution in [2.24, 2.45) is 0 Å². The number of pyridine rings is 2. The standard InChI is InChI=1S/C15H15N3/c1-16-15-9-11(6-7-17-15)13-8-12-4-2-3-5-14(12)18-10-13/h2,4,6-10H,3,5H2,1H3,(H,16,17). The molecule has 1 aliphatic rings. The number of aromatic nitrogens is 2. The molecule has 3 rings (SSSR count). The molecule has 2 aromatic rings. The molecule has 90 valence electrons. The fraction of sp³-hybridized carbons (Fsp3) is 0.200. The average Bonchev–Trinajstić information content (AvgIpc) is 2.47. The first-order chi connectivity index (χ1) is 8.86. The number of allylic oxidation sites excluding steroid dienone is 1. The van der Waals surface area contributed by atoms with Crippen LogP contribution in [-0.4, -0.2) is 17.0 Å². The van der Waals surface area contributed by atoms with Gasteiger partial charge in [0, 0.05) is 30.7 Å². The van der Waals surface area contributed by atoms with E-state index in [4.69, 9.17) is 0 Å². The van der Waals surface area contributed by atoms with Gasteiger partial charge in [0.2, 0.25) is 0 Å². The molecule has 1 aliphatic carbocycles. The Kier molecular flexibility index (Phi) is 2.81. The van der Waals surface area contributed by atoms with Gasteiger partial charge in [-0.2, -0.15) is 0 Å². The fourth-order valence-electron chi connectivity index (χ4n) is 2.20. The molecule has 0 atom stereocenters. The molecule has 0 spiro atoms. The Morgan fingerprint density at radius 2 is 2.11 bits per heavy atom. The molecule has 0 aromatic carbocycles. The van der Waals surface area contributed by atoms with Gasteiger partial charge in [-0.05, 0) is 42.2 Å². The third-order valence-corrected chi connectivity index (χ3v) is 3.20. The van der Waals surface area contributed by atoms with Crippen LogP contribution in [-0.2, 0) is 6.42 Å². The van der Waals surface area contributed by atoms with E-state index in [2.05, 4.69) is 33.5 Å². The summed E-state index contributed by atoms with van der Waals surface area (Å²) in [6.45, 7) is 0. The summed E-state index contributed by atoms with van der Waals surface area (Å²) in [5, 5.41) is 3.05. The fourth-order valence-corrected chi connectivity index (χ4v) is 2.20. The third-order valence-electron chi connectivity index (χ3n) is 3.20. The molecule has 0 saturated carbocycles. The van der Waals surface area contributed by atoms with Crippen LogP contribution in [0.5, 0.6) is 0 Å². The van der Waals surface area contributed by atoms with Crippen molar-refractivity contribution in [3.05, 3.63) is 47.9 Å². The molecule has 0 radical (unpaired) electrons. The monoisotopic (exact) mass is 237 g/mol. The predicted octanol–water partition coefficient (Wildman–Crippen LogP) is 3.14. The van der Waals surface area contributed by atoms with E-state index in [1.165, 1.54) is 11.3 Å². The van der Waals surface area contributed by atoms with Crippen LogP contribution < -0.4 is 5.32 Å². The first-order valence-corrected chi connectivity index (χ1v) is 6.16. The van der Waals surface area contributed by atoms with E-state index in [-0.39, 0.29) is 0 Å². The molecule has 2 aromatic heterocycles. The SMILES string of the molecule is CNc1cc(-c2cnc3c(c2)C=CCC3)ccn1. The van der Waals surface area contributed by atoms with Crippen molar-refractivity contribution in [2.75, 3.05) is 12.4 Å². The zero-order valence-electron chi connectivity index (χ0n) is 10.4. The van der Waals surface area contributed by atoms with Crippen molar-refractivity contribution in [3.63, 3.8) is 0 Å². The highest BCUT2D eigenvalue weighted by Gasteiger charge is 2.08. The zero-order chi connectivity index (χ0) is 12.4. The summed E-state index contributed by atoms with van der Waals surface area (Å²) in [5.74, 6) is 0.876. The van der Waals surface area contributed by atoms with E-state index >= 15 is 0 Å². The summed E-state index contributed by atoms with van der Waals surface area (Å²) < 4.78 is 0. The van der Waals surface area contributed by atoms with E-state index < -0.39 is 0 Å². The lowest BCUT2D eigenvalue weighted by Gasteiger charge is -2.11. The molecule has 0 amide bonds. The number of fused-ring (bicyclic) bond motifs is 1. The van der Waals surface area contributed by atoms with E-state index in [1.54, 1.807) is 0 Å². The molecule has 18 heavy (non-hydrogen) atoms. The summed E-state index contributed by atoms with van der Waals surface area (Å²) in [4.78, 5) is 8.78. The van der Waals surface area contributed by atoms with Crippen molar-refractivity contribution in [1.82, 2.24) is 9.97 Å². The minimum absolute atomic E-state index is 0.876. The molecule has 0 aliphatic heterocycles. The summed E-state index contributed by atoms with van der Waals surface area (Å²) in [6.07, 6.45) is 10.3. The number of nitrogens with one attached hydrogen (secondary N) is 1. The highest BCUT2D eigenvalue weighted by molar-refractivity contribution is 5.69. The minimum atomic E-state index is 0.876. The second-order valence-corrected chi connectivity index (χ2v) is 4.38. The zero-order valence-corrected chi connectivity index (χ0v) is 10.4. The van der Waals surface area contributed by atoms with Crippen LogP contribution in [0.25, 0.3) is 17.2 Å². The van der Waals surface area contributed by atoms with Crippen LogP contribution in [0.4, 0.5) is 5.82 Å². The van der Waals surface area contributed by atoms with Gasteiger partial charge in [0.05, 0.1) is 0 Å². The quantitative estimate of drug-likeness (QED) is 0.872. The van der Waals surface area contributed by atoms with E-state index in [9.17, 15) is 0 Å². The Morgan fingerprint density at radius 3 is 3.00 bits per heavy atom. The van der Waals surface area contributed by atoms with Crippen molar-refractivity contribution in [2.45, 2.75) is 12.8 Å². The molecular weight excluding hydrogens is 222 g/mol. The van der Waals surface area contributed by atoms with Crippen molar-refractivity contribution >= 4 is 11.9 Å². The van der Waals surface area contributed by atoms with Crippen LogP contribution in [0.3, 0.4) is 0 Å². The maximum Gasteiger partial charge on any atom is 0.126 e. The largest absolute Gasteiger partial charge is 0.373 e. The predicted molar refractivity (Wildman–Crippen MR) is 74.4 cm³/mol. The Bertz CT molecular complexity index is 602. The summed E-state index contributed by atoms with van der Waals surface area (Å²) in [7, 11) is 1.87. The average molecular weight is 237 g/mol. The smallest absolute Gasteiger partial charge is 0.126 e. The van der Waals surface area contributed by atoms with Gasteiger partial charge < -0.3 is 5.32 Å². The Morgan fingerprint density at radius 1 is 1.17 bits per heavy atom. The maximum absolute atomic E-state index is 4.56. The van der Waals surface area contributed by atoms with Gasteiger partial charge >= 0.3 is 0 Å². The van der Waals surface area contributed by atoms with Crippen molar-refractivity contribution in [3.8, 4) is 11.1 Å². The van der Waals surface area contributed by atoms with Crippen LogP contribution >= 0.6 is 0 Å². The van der Waals surface area contributed by atoms with Gasteiger partial charge in [-0.15, -0.1) is 0 Å². The molecule has 3 nitrogen and oxygen atoms in total. The molecule has 2 heterocycles. The number of aryl methyl sites for hydroxylation is 1. The van der Waals surface area contributed by atoms with Gasteiger partial charge in [0.15, 0.2) is 0 Å². The Labute approximate surface area is 107 Å². The highest BCUT2D eigenvalue weighted by atomic mass is 14.9. The Balaban J connectivity index is 2.04. The van der Waals surface area contributed by atoms with Gasteiger partial charge in [-0.1, -0.05) is 12.2 Å². The van der Waals surface area contributed by atoms with Gasteiger partial charge in [0.1, 0.15) is 5.82 Å². The molecule has 1 N–H and O–H groups in total. The maximum atomic E-state index is 4.56. The molecule has 0 unspecified atom stereocenters. The Hall–Kier alpha value is -2.16. The summed E-state index contributed by atoms with van der Waals surface area (Å²) in [6, 6.07) is 6.25. The second kappa shape index (κ2) is 4.61. The van der Waals surface area contributed by atoms with Gasteiger partial charge in [0.25, 0.3) is 0 Å². The first kappa shape index (κ1) is 11.0. The third kappa shape index (κ3) is 1.99. The van der Waals surface area contributed by atoms with E-state index in [0.717, 1.165) is 29.8 Å². The summed E-state index contributed by atoms with van der Waals surface area (Å²) in [5.41, 5.74) is 4.72. The first-order valence-electron chi connectivity index (χ1n) is 6.16. The molecule has 0 fully saturated rings. The second-order valence-electron chi connectivity index (χ2n) is 4.38. The topological polar surface area (TPSA) is 37.8 Å². The molecular formula is C15H15N3. The van der Waals surface area contributed by atoms with E-state index in [1.807, 2.05) is 31.6 Å². The molecule has 0 bridgehead atoms. The van der Waals surface area contributed by atoms with Crippen molar-refractivity contribution < 1.29 is 0 Å². The minimum Gasteiger partial charge on any atom is -0.373 e. The van der Waals surface area contributed by atoms with Gasteiger partial charge in [-0.3, -0.25) is 4.98 Å². The number of rotatable bonds is 2. The lowest BCUT2D eigenvalue weighted by molar-refractivity contribution is 0.928.